The summed E-state index contributed by atoms with van der Waals surface area (Å²) in [5.41, 5.74) is -5.81. The maximum absolute atomic E-state index is 12.7. The van der Waals surface area contributed by atoms with E-state index in [9.17, 15) is 31.4 Å². The maximum Gasteiger partial charge on any atom is 0.428 e. The Morgan fingerprint density at radius 1 is 1.16 bits per heavy atom. The fourth-order valence-corrected chi connectivity index (χ4v) is 2.38. The second-order valence-electron chi connectivity index (χ2n) is 6.63. The lowest BCUT2D eigenvalue weighted by Gasteiger charge is -2.40. The zero-order chi connectivity index (χ0) is 19.7. The molecule has 0 aromatic carbocycles. The van der Waals surface area contributed by atoms with Crippen LogP contribution in [0.3, 0.4) is 0 Å². The predicted octanol–water partition coefficient (Wildman–Crippen LogP) is 3.47. The first-order chi connectivity index (χ1) is 11.1. The van der Waals surface area contributed by atoms with Gasteiger partial charge in [-0.15, -0.1) is 0 Å². The number of alkyl halides is 6. The summed E-state index contributed by atoms with van der Waals surface area (Å²) < 4.78 is 86.1. The fraction of sp³-hybridized carbons (Fsp3) is 0.867. The standard InChI is InChI=1S/C15H22F6O4/c1-9(2)11(22)25-10-4-6-12(3,7-5-10)24-8-13(23,14(16,17)18)15(19,20)21/h10-11,22-23H,1,4-8H2,2-3H3. The van der Waals surface area contributed by atoms with Crippen molar-refractivity contribution in [2.75, 3.05) is 6.61 Å². The van der Waals surface area contributed by atoms with Gasteiger partial charge in [0.15, 0.2) is 6.29 Å². The zero-order valence-electron chi connectivity index (χ0n) is 13.9. The zero-order valence-corrected chi connectivity index (χ0v) is 13.9. The van der Waals surface area contributed by atoms with Crippen molar-refractivity contribution in [3.05, 3.63) is 12.2 Å². The largest absolute Gasteiger partial charge is 0.428 e. The molecular formula is C15H22F6O4. The van der Waals surface area contributed by atoms with Crippen molar-refractivity contribution in [1.82, 2.24) is 0 Å². The SMILES string of the molecule is C=C(C)C(O)OC1CCC(C)(OCC(O)(C(F)(F)F)C(F)(F)F)CC1. The van der Waals surface area contributed by atoms with E-state index in [-0.39, 0.29) is 25.7 Å². The highest BCUT2D eigenvalue weighted by Gasteiger charge is 2.71. The highest BCUT2D eigenvalue weighted by molar-refractivity contribution is 4.96. The van der Waals surface area contributed by atoms with Crippen LogP contribution < -0.4 is 0 Å². The lowest BCUT2D eigenvalue weighted by molar-refractivity contribution is -0.383. The van der Waals surface area contributed by atoms with Crippen molar-refractivity contribution < 1.29 is 46.0 Å². The molecule has 1 unspecified atom stereocenters. The molecule has 1 aliphatic carbocycles. The van der Waals surface area contributed by atoms with Crippen LogP contribution in [0.1, 0.15) is 39.5 Å². The third-order valence-corrected chi connectivity index (χ3v) is 4.30. The van der Waals surface area contributed by atoms with Gasteiger partial charge >= 0.3 is 12.4 Å². The van der Waals surface area contributed by atoms with Gasteiger partial charge in [0.2, 0.25) is 0 Å². The summed E-state index contributed by atoms with van der Waals surface area (Å²) in [4.78, 5) is 0. The smallest absolute Gasteiger partial charge is 0.372 e. The van der Waals surface area contributed by atoms with Crippen molar-refractivity contribution >= 4 is 0 Å². The van der Waals surface area contributed by atoms with E-state index >= 15 is 0 Å². The first-order valence-electron chi connectivity index (χ1n) is 7.60. The number of ether oxygens (including phenoxy) is 2. The third kappa shape index (κ3) is 5.32. The molecule has 10 heteroatoms. The summed E-state index contributed by atoms with van der Waals surface area (Å²) in [6.45, 7) is 4.51. The van der Waals surface area contributed by atoms with Crippen LogP contribution in [0, 0.1) is 0 Å². The van der Waals surface area contributed by atoms with Crippen LogP contribution in [0.5, 0.6) is 0 Å². The number of hydrogen-bond acceptors (Lipinski definition) is 4. The van der Waals surface area contributed by atoms with E-state index in [0.717, 1.165) is 0 Å². The van der Waals surface area contributed by atoms with Crippen molar-refractivity contribution in [1.29, 1.82) is 0 Å². The van der Waals surface area contributed by atoms with E-state index in [4.69, 9.17) is 14.6 Å². The van der Waals surface area contributed by atoms with Gasteiger partial charge in [-0.05, 0) is 45.1 Å². The minimum atomic E-state index is -5.91. The molecule has 1 atom stereocenters. The topological polar surface area (TPSA) is 58.9 Å². The molecule has 25 heavy (non-hydrogen) atoms. The molecule has 0 aromatic heterocycles. The molecule has 4 nitrogen and oxygen atoms in total. The van der Waals surface area contributed by atoms with Crippen molar-refractivity contribution in [3.63, 3.8) is 0 Å². The van der Waals surface area contributed by atoms with Gasteiger partial charge < -0.3 is 19.7 Å². The van der Waals surface area contributed by atoms with Crippen LogP contribution in [-0.4, -0.2) is 52.8 Å². The average molecular weight is 380 g/mol. The van der Waals surface area contributed by atoms with Gasteiger partial charge in [0.1, 0.15) is 0 Å². The minimum absolute atomic E-state index is 0.117. The Balaban J connectivity index is 2.67. The van der Waals surface area contributed by atoms with Gasteiger partial charge in [-0.1, -0.05) is 6.58 Å². The molecule has 0 aliphatic heterocycles. The molecule has 0 heterocycles. The molecule has 0 aromatic rings. The molecule has 0 amide bonds. The van der Waals surface area contributed by atoms with E-state index in [0.29, 0.717) is 5.57 Å². The molecule has 148 valence electrons. The quantitative estimate of drug-likeness (QED) is 0.421. The first kappa shape index (κ1) is 22.2. The predicted molar refractivity (Wildman–Crippen MR) is 75.6 cm³/mol. The summed E-state index contributed by atoms with van der Waals surface area (Å²) in [5, 5.41) is 18.7. The molecule has 2 N–H and O–H groups in total. The fourth-order valence-electron chi connectivity index (χ4n) is 2.38. The lowest BCUT2D eigenvalue weighted by atomic mass is 9.84. The number of hydrogen-bond donors (Lipinski definition) is 2. The maximum atomic E-state index is 12.7. The molecular weight excluding hydrogens is 358 g/mol. The Morgan fingerprint density at radius 2 is 1.60 bits per heavy atom. The van der Waals surface area contributed by atoms with Gasteiger partial charge in [0, 0.05) is 0 Å². The lowest BCUT2D eigenvalue weighted by Crippen LogP contribution is -2.61. The van der Waals surface area contributed by atoms with Crippen LogP contribution in [0.25, 0.3) is 0 Å². The number of halogens is 6. The van der Waals surface area contributed by atoms with Gasteiger partial charge in [-0.3, -0.25) is 0 Å². The Kier molecular flexibility index (Phi) is 6.59. The van der Waals surface area contributed by atoms with E-state index in [1.54, 1.807) is 6.92 Å². The molecule has 0 radical (unpaired) electrons. The first-order valence-corrected chi connectivity index (χ1v) is 7.60. The van der Waals surface area contributed by atoms with Crippen LogP contribution in [0.2, 0.25) is 0 Å². The monoisotopic (exact) mass is 380 g/mol. The van der Waals surface area contributed by atoms with Crippen LogP contribution >= 0.6 is 0 Å². The van der Waals surface area contributed by atoms with E-state index in [1.165, 1.54) is 6.92 Å². The summed E-state index contributed by atoms with van der Waals surface area (Å²) in [5.74, 6) is 0. The second kappa shape index (κ2) is 7.42. The van der Waals surface area contributed by atoms with Gasteiger partial charge in [0.05, 0.1) is 18.3 Å². The number of aliphatic hydroxyl groups excluding tert-OH is 1. The third-order valence-electron chi connectivity index (χ3n) is 4.30. The van der Waals surface area contributed by atoms with Crippen molar-refractivity contribution in [2.45, 2.75) is 75.5 Å². The van der Waals surface area contributed by atoms with Crippen LogP contribution in [-0.2, 0) is 9.47 Å². The molecule has 1 fully saturated rings. The molecule has 1 aliphatic rings. The van der Waals surface area contributed by atoms with Gasteiger partial charge in [0.25, 0.3) is 5.60 Å². The molecule has 0 spiro atoms. The highest BCUT2D eigenvalue weighted by Crippen LogP contribution is 2.44. The second-order valence-corrected chi connectivity index (χ2v) is 6.63. The van der Waals surface area contributed by atoms with E-state index < -0.39 is 42.6 Å². The highest BCUT2D eigenvalue weighted by atomic mass is 19.4. The van der Waals surface area contributed by atoms with Gasteiger partial charge in [-0.25, -0.2) is 0 Å². The van der Waals surface area contributed by atoms with E-state index in [1.807, 2.05) is 0 Å². The Morgan fingerprint density at radius 3 is 1.96 bits per heavy atom. The van der Waals surface area contributed by atoms with Crippen LogP contribution in [0.15, 0.2) is 12.2 Å². The summed E-state index contributed by atoms with van der Waals surface area (Å²) in [6, 6.07) is 0. The summed E-state index contributed by atoms with van der Waals surface area (Å²) in [6.07, 6.45) is -12.6. The Bertz CT molecular complexity index is 452. The normalized spacial score (nSPS) is 27.2. The Labute approximate surface area is 141 Å². The Hall–Kier alpha value is -0.840. The van der Waals surface area contributed by atoms with Gasteiger partial charge in [-0.2, -0.15) is 26.3 Å². The molecule has 0 saturated heterocycles. The minimum Gasteiger partial charge on any atom is -0.372 e. The van der Waals surface area contributed by atoms with E-state index in [2.05, 4.69) is 6.58 Å². The molecule has 1 rings (SSSR count). The number of aliphatic hydroxyl groups is 2. The summed E-state index contributed by atoms with van der Waals surface area (Å²) in [7, 11) is 0. The van der Waals surface area contributed by atoms with Crippen LogP contribution in [0.4, 0.5) is 26.3 Å². The number of rotatable bonds is 6. The molecule has 0 bridgehead atoms. The van der Waals surface area contributed by atoms with Crippen molar-refractivity contribution in [2.24, 2.45) is 0 Å². The molecule has 1 saturated carbocycles. The van der Waals surface area contributed by atoms with Crippen molar-refractivity contribution in [3.8, 4) is 0 Å². The summed E-state index contributed by atoms with van der Waals surface area (Å²) >= 11 is 0. The average Bonchev–Trinajstić information content (AvgIpc) is 2.45.